The van der Waals surface area contributed by atoms with Gasteiger partial charge in [-0.15, -0.1) is 0 Å². The first-order valence-electron chi connectivity index (χ1n) is 9.75. The number of carbonyl (C=O) groups excluding carboxylic acids is 1. The van der Waals surface area contributed by atoms with Crippen LogP contribution in [0.25, 0.3) is 0 Å². The van der Waals surface area contributed by atoms with Gasteiger partial charge in [-0.3, -0.25) is 4.79 Å². The Morgan fingerprint density at radius 1 is 0.931 bits per heavy atom. The van der Waals surface area contributed by atoms with Gasteiger partial charge in [0.1, 0.15) is 0 Å². The third-order valence-electron chi connectivity index (χ3n) is 5.20. The van der Waals surface area contributed by atoms with Crippen molar-refractivity contribution in [3.05, 3.63) is 64.7 Å². The third kappa shape index (κ3) is 4.82. The molecular weight excluding hydrogens is 408 g/mol. The second-order valence-corrected chi connectivity index (χ2v) is 10.6. The van der Waals surface area contributed by atoms with Crippen molar-refractivity contribution in [1.82, 2.24) is 9.21 Å². The van der Waals surface area contributed by atoms with Crippen LogP contribution in [-0.4, -0.2) is 49.7 Å². The van der Waals surface area contributed by atoms with E-state index in [1.165, 1.54) is 4.31 Å². The Labute approximate surface area is 178 Å². The molecule has 1 heterocycles. The van der Waals surface area contributed by atoms with Crippen LogP contribution in [0.4, 0.5) is 0 Å². The molecule has 2 aromatic carbocycles. The normalized spacial score (nSPS) is 16.5. The van der Waals surface area contributed by atoms with Crippen LogP contribution in [0.3, 0.4) is 0 Å². The first-order chi connectivity index (χ1) is 13.6. The highest BCUT2D eigenvalue weighted by Gasteiger charge is 2.29. The Kier molecular flexibility index (Phi) is 6.36. The topological polar surface area (TPSA) is 57.7 Å². The second kappa shape index (κ2) is 8.46. The quantitative estimate of drug-likeness (QED) is 0.728. The van der Waals surface area contributed by atoms with Gasteiger partial charge in [0, 0.05) is 26.2 Å². The third-order valence-corrected chi connectivity index (χ3v) is 7.45. The van der Waals surface area contributed by atoms with E-state index in [2.05, 4.69) is 20.8 Å². The molecule has 0 aliphatic carbocycles. The summed E-state index contributed by atoms with van der Waals surface area (Å²) in [4.78, 5) is 14.8. The summed E-state index contributed by atoms with van der Waals surface area (Å²) < 4.78 is 27.7. The molecular formula is C22H27ClN2O3S. The average Bonchev–Trinajstić information content (AvgIpc) is 2.94. The molecule has 1 amide bonds. The fraction of sp³-hybridized carbons (Fsp3) is 0.409. The molecule has 0 unspecified atom stereocenters. The summed E-state index contributed by atoms with van der Waals surface area (Å²) in [6, 6.07) is 14.0. The molecule has 3 rings (SSSR count). The van der Waals surface area contributed by atoms with Crippen molar-refractivity contribution >= 4 is 27.5 Å². The van der Waals surface area contributed by atoms with Crippen LogP contribution in [0.5, 0.6) is 0 Å². The minimum atomic E-state index is -3.60. The number of halogens is 1. The minimum Gasteiger partial charge on any atom is -0.337 e. The first-order valence-corrected chi connectivity index (χ1v) is 11.6. The van der Waals surface area contributed by atoms with Crippen LogP contribution in [0.15, 0.2) is 53.4 Å². The SMILES string of the molecule is CC(C)(C)c1ccc(S(=O)(=O)N2CCCN(C(=O)c3ccccc3Cl)CC2)cc1. The highest BCUT2D eigenvalue weighted by molar-refractivity contribution is 7.89. The highest BCUT2D eigenvalue weighted by Crippen LogP contribution is 2.25. The molecule has 5 nitrogen and oxygen atoms in total. The molecule has 0 spiro atoms. The summed E-state index contributed by atoms with van der Waals surface area (Å²) in [5.41, 5.74) is 1.50. The number of hydrogen-bond donors (Lipinski definition) is 0. The van der Waals surface area contributed by atoms with Gasteiger partial charge in [0.05, 0.1) is 15.5 Å². The van der Waals surface area contributed by atoms with Crippen LogP contribution < -0.4 is 0 Å². The summed E-state index contributed by atoms with van der Waals surface area (Å²) in [6.45, 7) is 7.76. The lowest BCUT2D eigenvalue weighted by Crippen LogP contribution is -2.37. The van der Waals surface area contributed by atoms with Crippen molar-refractivity contribution in [1.29, 1.82) is 0 Å². The van der Waals surface area contributed by atoms with E-state index >= 15 is 0 Å². The van der Waals surface area contributed by atoms with E-state index in [9.17, 15) is 13.2 Å². The van der Waals surface area contributed by atoms with E-state index in [0.717, 1.165) is 5.56 Å². The van der Waals surface area contributed by atoms with Crippen molar-refractivity contribution in [2.75, 3.05) is 26.2 Å². The molecule has 0 radical (unpaired) electrons. The number of benzene rings is 2. The van der Waals surface area contributed by atoms with Crippen molar-refractivity contribution < 1.29 is 13.2 Å². The molecule has 0 aromatic heterocycles. The van der Waals surface area contributed by atoms with E-state index in [0.29, 0.717) is 36.6 Å². The molecule has 0 atom stereocenters. The molecule has 29 heavy (non-hydrogen) atoms. The van der Waals surface area contributed by atoms with E-state index < -0.39 is 10.0 Å². The largest absolute Gasteiger partial charge is 0.337 e. The average molecular weight is 435 g/mol. The predicted molar refractivity (Wildman–Crippen MR) is 116 cm³/mol. The number of rotatable bonds is 3. The van der Waals surface area contributed by atoms with Crippen LogP contribution in [0.2, 0.25) is 5.02 Å². The fourth-order valence-electron chi connectivity index (χ4n) is 3.42. The number of carbonyl (C=O) groups is 1. The maximum atomic E-state index is 13.1. The summed E-state index contributed by atoms with van der Waals surface area (Å²) in [5, 5.41) is 0.408. The van der Waals surface area contributed by atoms with Gasteiger partial charge < -0.3 is 4.90 Å². The number of amides is 1. The van der Waals surface area contributed by atoms with Gasteiger partial charge in [0.2, 0.25) is 10.0 Å². The molecule has 1 aliphatic rings. The van der Waals surface area contributed by atoms with E-state index in [-0.39, 0.29) is 22.8 Å². The maximum Gasteiger partial charge on any atom is 0.255 e. The molecule has 1 fully saturated rings. The van der Waals surface area contributed by atoms with Crippen LogP contribution >= 0.6 is 11.6 Å². The Balaban J connectivity index is 1.74. The molecule has 7 heteroatoms. The fourth-order valence-corrected chi connectivity index (χ4v) is 5.10. The Morgan fingerprint density at radius 3 is 2.21 bits per heavy atom. The van der Waals surface area contributed by atoms with Crippen molar-refractivity contribution in [3.63, 3.8) is 0 Å². The Hall–Kier alpha value is -1.89. The van der Waals surface area contributed by atoms with Crippen LogP contribution in [0, 0.1) is 0 Å². The monoisotopic (exact) mass is 434 g/mol. The lowest BCUT2D eigenvalue weighted by molar-refractivity contribution is 0.0764. The van der Waals surface area contributed by atoms with Gasteiger partial charge in [-0.2, -0.15) is 4.31 Å². The van der Waals surface area contributed by atoms with E-state index in [1.807, 2.05) is 12.1 Å². The summed E-state index contributed by atoms with van der Waals surface area (Å²) in [7, 11) is -3.60. The maximum absolute atomic E-state index is 13.1. The molecule has 156 valence electrons. The van der Waals surface area contributed by atoms with Crippen LogP contribution in [0.1, 0.15) is 43.1 Å². The Bertz CT molecular complexity index is 982. The van der Waals surface area contributed by atoms with Crippen molar-refractivity contribution in [2.45, 2.75) is 37.5 Å². The molecule has 1 aliphatic heterocycles. The van der Waals surface area contributed by atoms with Gasteiger partial charge >= 0.3 is 0 Å². The van der Waals surface area contributed by atoms with Crippen molar-refractivity contribution in [3.8, 4) is 0 Å². The summed E-state index contributed by atoms with van der Waals surface area (Å²) in [5.74, 6) is -0.163. The lowest BCUT2D eigenvalue weighted by atomic mass is 9.87. The molecule has 2 aromatic rings. The zero-order valence-electron chi connectivity index (χ0n) is 17.1. The van der Waals surface area contributed by atoms with Gasteiger partial charge in [-0.1, -0.05) is 56.6 Å². The standard InChI is InChI=1S/C22H27ClN2O3S/c1-22(2,3)17-9-11-18(12-10-17)29(27,28)25-14-6-13-24(15-16-25)21(26)19-7-4-5-8-20(19)23/h4-5,7-12H,6,13-16H2,1-3H3. The van der Waals surface area contributed by atoms with E-state index in [1.54, 1.807) is 41.3 Å². The van der Waals surface area contributed by atoms with Gasteiger partial charge in [-0.05, 0) is 41.7 Å². The zero-order chi connectivity index (χ0) is 21.2. The molecule has 1 saturated heterocycles. The highest BCUT2D eigenvalue weighted by atomic mass is 35.5. The predicted octanol–water partition coefficient (Wildman–Crippen LogP) is 4.17. The lowest BCUT2D eigenvalue weighted by Gasteiger charge is -2.23. The molecule has 0 saturated carbocycles. The molecule has 0 bridgehead atoms. The van der Waals surface area contributed by atoms with Gasteiger partial charge in [0.25, 0.3) is 5.91 Å². The zero-order valence-corrected chi connectivity index (χ0v) is 18.6. The van der Waals surface area contributed by atoms with Crippen molar-refractivity contribution in [2.24, 2.45) is 0 Å². The van der Waals surface area contributed by atoms with Crippen LogP contribution in [-0.2, 0) is 15.4 Å². The van der Waals surface area contributed by atoms with Gasteiger partial charge in [0.15, 0.2) is 0 Å². The Morgan fingerprint density at radius 2 is 1.59 bits per heavy atom. The summed E-state index contributed by atoms with van der Waals surface area (Å²) in [6.07, 6.45) is 0.579. The number of sulfonamides is 1. The first kappa shape index (κ1) is 21.8. The minimum absolute atomic E-state index is 0.0372. The number of hydrogen-bond acceptors (Lipinski definition) is 3. The summed E-state index contributed by atoms with van der Waals surface area (Å²) >= 11 is 6.15. The smallest absolute Gasteiger partial charge is 0.255 e. The van der Waals surface area contributed by atoms with E-state index in [4.69, 9.17) is 11.6 Å². The molecule has 0 N–H and O–H groups in total. The number of nitrogens with zero attached hydrogens (tertiary/aromatic N) is 2. The second-order valence-electron chi connectivity index (χ2n) is 8.30. The van der Waals surface area contributed by atoms with Gasteiger partial charge in [-0.25, -0.2) is 8.42 Å².